The SMILES string of the molecule is CCN(CCCCCCNC1=CC(=O)C(NCCCCCCN(CC)Cc2ccccc2Cl)=CC1=O)Cc1ccccc1Cl. The second-order valence-corrected chi connectivity index (χ2v) is 12.3. The number of ketones is 2. The zero-order chi connectivity index (χ0) is 31.6. The summed E-state index contributed by atoms with van der Waals surface area (Å²) >= 11 is 12.6. The zero-order valence-corrected chi connectivity index (χ0v) is 28.1. The fraction of sp³-hybridized carbons (Fsp3) is 0.500. The van der Waals surface area contributed by atoms with Gasteiger partial charge >= 0.3 is 0 Å². The van der Waals surface area contributed by atoms with E-state index in [0.29, 0.717) is 24.5 Å². The molecule has 0 heterocycles. The lowest BCUT2D eigenvalue weighted by molar-refractivity contribution is -0.115. The van der Waals surface area contributed by atoms with Crippen molar-refractivity contribution in [3.63, 3.8) is 0 Å². The van der Waals surface area contributed by atoms with E-state index in [2.05, 4.69) is 46.4 Å². The summed E-state index contributed by atoms with van der Waals surface area (Å²) in [5.41, 5.74) is 3.14. The number of hydrogen-bond donors (Lipinski definition) is 2. The van der Waals surface area contributed by atoms with Crippen molar-refractivity contribution in [3.05, 3.63) is 93.2 Å². The molecule has 8 heteroatoms. The standard InChI is InChI=1S/C36H50Cl2N4O2/c1-3-41(27-29-17-9-11-19-31(29)37)23-15-7-5-13-21-39-33-25-36(44)34(26-35(33)43)40-22-14-6-8-16-24-42(4-2)28-30-18-10-12-20-32(30)38/h9-12,17-20,25-26,39-40H,3-8,13-16,21-24,27-28H2,1-2H3. The van der Waals surface area contributed by atoms with Crippen LogP contribution in [0.2, 0.25) is 10.0 Å². The smallest absolute Gasteiger partial charge is 0.203 e. The molecule has 0 saturated carbocycles. The quantitative estimate of drug-likeness (QED) is 0.102. The number of halogens is 2. The molecule has 0 atom stereocenters. The monoisotopic (exact) mass is 640 g/mol. The molecule has 0 amide bonds. The average Bonchev–Trinajstić information content (AvgIpc) is 3.02. The van der Waals surface area contributed by atoms with Crippen LogP contribution in [0.1, 0.15) is 76.3 Å². The number of hydrogen-bond acceptors (Lipinski definition) is 6. The molecule has 0 aromatic heterocycles. The molecule has 6 nitrogen and oxygen atoms in total. The number of unbranched alkanes of at least 4 members (excludes halogenated alkanes) is 6. The van der Waals surface area contributed by atoms with Crippen LogP contribution in [0.25, 0.3) is 0 Å². The summed E-state index contributed by atoms with van der Waals surface area (Å²) in [5, 5.41) is 8.00. The van der Waals surface area contributed by atoms with Gasteiger partial charge in [0.1, 0.15) is 0 Å². The molecular formula is C36H50Cl2N4O2. The number of carbonyl (C=O) groups excluding carboxylic acids is 2. The molecule has 240 valence electrons. The van der Waals surface area contributed by atoms with Crippen molar-refractivity contribution < 1.29 is 9.59 Å². The molecule has 2 N–H and O–H groups in total. The van der Waals surface area contributed by atoms with Gasteiger partial charge in [0.05, 0.1) is 11.4 Å². The second-order valence-electron chi connectivity index (χ2n) is 11.4. The zero-order valence-electron chi connectivity index (χ0n) is 26.6. The van der Waals surface area contributed by atoms with Crippen LogP contribution < -0.4 is 10.6 Å². The van der Waals surface area contributed by atoms with Crippen LogP contribution in [-0.4, -0.2) is 60.6 Å². The maximum absolute atomic E-state index is 12.6. The molecule has 0 spiro atoms. The first kappa shape index (κ1) is 35.8. The molecule has 1 aliphatic carbocycles. The minimum Gasteiger partial charge on any atom is -0.382 e. The molecule has 1 aliphatic rings. The summed E-state index contributed by atoms with van der Waals surface area (Å²) in [6, 6.07) is 16.1. The highest BCUT2D eigenvalue weighted by atomic mass is 35.5. The number of allylic oxidation sites excluding steroid dienone is 2. The maximum atomic E-state index is 12.6. The number of nitrogens with one attached hydrogen (secondary N) is 2. The normalized spacial score (nSPS) is 13.4. The first-order valence-corrected chi connectivity index (χ1v) is 17.1. The Morgan fingerprint density at radius 1 is 0.568 bits per heavy atom. The summed E-state index contributed by atoms with van der Waals surface area (Å²) in [7, 11) is 0. The lowest BCUT2D eigenvalue weighted by Crippen LogP contribution is -2.30. The minimum absolute atomic E-state index is 0.136. The van der Waals surface area contributed by atoms with E-state index in [1.165, 1.54) is 23.3 Å². The predicted octanol–water partition coefficient (Wildman–Crippen LogP) is 7.56. The Morgan fingerprint density at radius 3 is 1.34 bits per heavy atom. The first-order valence-electron chi connectivity index (χ1n) is 16.3. The molecule has 2 aromatic carbocycles. The van der Waals surface area contributed by atoms with E-state index in [1.54, 1.807) is 0 Å². The predicted molar refractivity (Wildman–Crippen MR) is 184 cm³/mol. The lowest BCUT2D eigenvalue weighted by atomic mass is 10.1. The van der Waals surface area contributed by atoms with E-state index < -0.39 is 0 Å². The van der Waals surface area contributed by atoms with Crippen molar-refractivity contribution in [3.8, 4) is 0 Å². The highest BCUT2D eigenvalue weighted by Gasteiger charge is 2.19. The van der Waals surface area contributed by atoms with Gasteiger partial charge in [0, 0.05) is 48.4 Å². The Hall–Kier alpha value is -2.64. The third-order valence-electron chi connectivity index (χ3n) is 8.11. The molecule has 0 aliphatic heterocycles. The highest BCUT2D eigenvalue weighted by Crippen LogP contribution is 2.19. The summed E-state index contributed by atoms with van der Waals surface area (Å²) in [6.45, 7) is 11.5. The number of rotatable bonds is 22. The number of benzene rings is 2. The number of nitrogens with zero attached hydrogens (tertiary/aromatic N) is 2. The van der Waals surface area contributed by atoms with Crippen molar-refractivity contribution in [2.24, 2.45) is 0 Å². The van der Waals surface area contributed by atoms with Gasteiger partial charge in [-0.05, 0) is 75.1 Å². The molecule has 0 saturated heterocycles. The number of carbonyl (C=O) groups is 2. The van der Waals surface area contributed by atoms with Gasteiger partial charge < -0.3 is 10.6 Å². The third kappa shape index (κ3) is 12.8. The van der Waals surface area contributed by atoms with Crippen LogP contribution in [0.5, 0.6) is 0 Å². The van der Waals surface area contributed by atoms with E-state index in [9.17, 15) is 9.59 Å². The third-order valence-corrected chi connectivity index (χ3v) is 8.85. The van der Waals surface area contributed by atoms with Gasteiger partial charge in [-0.3, -0.25) is 19.4 Å². The molecule has 2 aromatic rings. The molecule has 0 bridgehead atoms. The average molecular weight is 642 g/mol. The van der Waals surface area contributed by atoms with Gasteiger partial charge in [0.25, 0.3) is 0 Å². The van der Waals surface area contributed by atoms with Crippen molar-refractivity contribution in [1.29, 1.82) is 0 Å². The van der Waals surface area contributed by atoms with E-state index in [4.69, 9.17) is 23.2 Å². The van der Waals surface area contributed by atoms with E-state index in [0.717, 1.165) is 101 Å². The molecule has 0 radical (unpaired) electrons. The Kier molecular flexibility index (Phi) is 16.6. The van der Waals surface area contributed by atoms with Crippen LogP contribution in [0.3, 0.4) is 0 Å². The Bertz CT molecular complexity index is 1150. The van der Waals surface area contributed by atoms with Gasteiger partial charge in [0.15, 0.2) is 0 Å². The van der Waals surface area contributed by atoms with Crippen molar-refractivity contribution >= 4 is 34.8 Å². The molecule has 44 heavy (non-hydrogen) atoms. The Labute approximate surface area is 274 Å². The molecule has 0 unspecified atom stereocenters. The van der Waals surface area contributed by atoms with E-state index >= 15 is 0 Å². The van der Waals surface area contributed by atoms with Crippen LogP contribution in [0.4, 0.5) is 0 Å². The highest BCUT2D eigenvalue weighted by molar-refractivity contribution is 6.31. The van der Waals surface area contributed by atoms with Crippen LogP contribution in [0, 0.1) is 0 Å². The van der Waals surface area contributed by atoms with Gasteiger partial charge in [-0.2, -0.15) is 0 Å². The van der Waals surface area contributed by atoms with Crippen LogP contribution in [0.15, 0.2) is 72.1 Å². The summed E-state index contributed by atoms with van der Waals surface area (Å²) < 4.78 is 0. The Balaban J connectivity index is 1.22. The van der Waals surface area contributed by atoms with Gasteiger partial charge in [0.2, 0.25) is 11.6 Å². The second kappa shape index (κ2) is 20.4. The first-order chi connectivity index (χ1) is 21.4. The molecule has 0 fully saturated rings. The topological polar surface area (TPSA) is 64.7 Å². The van der Waals surface area contributed by atoms with Gasteiger partial charge in [-0.25, -0.2) is 0 Å². The minimum atomic E-state index is -0.136. The summed E-state index contributed by atoms with van der Waals surface area (Å²) in [4.78, 5) is 30.0. The Morgan fingerprint density at radius 2 is 0.955 bits per heavy atom. The van der Waals surface area contributed by atoms with Crippen LogP contribution in [-0.2, 0) is 22.7 Å². The molecule has 3 rings (SSSR count). The lowest BCUT2D eigenvalue weighted by Gasteiger charge is -2.21. The summed E-state index contributed by atoms with van der Waals surface area (Å²) in [6.07, 6.45) is 11.4. The van der Waals surface area contributed by atoms with Gasteiger partial charge in [-0.15, -0.1) is 0 Å². The van der Waals surface area contributed by atoms with Crippen LogP contribution >= 0.6 is 23.2 Å². The van der Waals surface area contributed by atoms with Crippen molar-refractivity contribution in [1.82, 2.24) is 20.4 Å². The van der Waals surface area contributed by atoms with Crippen molar-refractivity contribution in [2.75, 3.05) is 39.3 Å². The molecular weight excluding hydrogens is 591 g/mol. The summed E-state index contributed by atoms with van der Waals surface area (Å²) in [5.74, 6) is -0.271. The van der Waals surface area contributed by atoms with E-state index in [-0.39, 0.29) is 11.6 Å². The largest absolute Gasteiger partial charge is 0.382 e. The fourth-order valence-electron chi connectivity index (χ4n) is 5.34. The van der Waals surface area contributed by atoms with Crippen molar-refractivity contribution in [2.45, 2.75) is 78.3 Å². The van der Waals surface area contributed by atoms with E-state index in [1.807, 2.05) is 36.4 Å². The van der Waals surface area contributed by atoms with Gasteiger partial charge in [-0.1, -0.05) is 99.1 Å². The fourth-order valence-corrected chi connectivity index (χ4v) is 5.73. The maximum Gasteiger partial charge on any atom is 0.203 e.